The minimum absolute atomic E-state index is 0.00366. The molecular formula is C14H11F2NO4. The number of carbonyl (C=O) groups is 2. The lowest BCUT2D eigenvalue weighted by molar-refractivity contribution is 0.0694. The molecule has 0 aliphatic rings. The Kier molecular flexibility index (Phi) is 4.02. The van der Waals surface area contributed by atoms with Crippen molar-refractivity contribution in [2.24, 2.45) is 0 Å². The summed E-state index contributed by atoms with van der Waals surface area (Å²) in [4.78, 5) is 22.6. The lowest BCUT2D eigenvalue weighted by Gasteiger charge is -2.03. The number of hydrogen-bond donors (Lipinski definition) is 2. The highest BCUT2D eigenvalue weighted by Crippen LogP contribution is 2.15. The summed E-state index contributed by atoms with van der Waals surface area (Å²) in [5.74, 6) is -3.11. The Morgan fingerprint density at radius 3 is 2.33 bits per heavy atom. The van der Waals surface area contributed by atoms with E-state index in [0.717, 1.165) is 12.1 Å². The predicted octanol–water partition coefficient (Wildman–Crippen LogP) is 2.49. The lowest BCUT2D eigenvalue weighted by Crippen LogP contribution is -2.22. The van der Waals surface area contributed by atoms with Gasteiger partial charge in [-0.05, 0) is 25.1 Å². The van der Waals surface area contributed by atoms with Crippen molar-refractivity contribution in [2.75, 3.05) is 0 Å². The van der Waals surface area contributed by atoms with Gasteiger partial charge in [-0.1, -0.05) is 0 Å². The summed E-state index contributed by atoms with van der Waals surface area (Å²) in [5.41, 5.74) is -0.176. The monoisotopic (exact) mass is 295 g/mol. The molecule has 110 valence electrons. The average Bonchev–Trinajstić information content (AvgIpc) is 2.76. The highest BCUT2D eigenvalue weighted by atomic mass is 19.1. The average molecular weight is 295 g/mol. The number of aromatic carboxylic acids is 1. The van der Waals surface area contributed by atoms with Crippen molar-refractivity contribution in [2.45, 2.75) is 13.5 Å². The molecule has 1 amide bonds. The first kappa shape index (κ1) is 14.7. The summed E-state index contributed by atoms with van der Waals surface area (Å²) in [6, 6.07) is 3.73. The highest BCUT2D eigenvalue weighted by molar-refractivity contribution is 5.94. The highest BCUT2D eigenvalue weighted by Gasteiger charge is 2.15. The van der Waals surface area contributed by atoms with E-state index in [1.165, 1.54) is 13.0 Å². The van der Waals surface area contributed by atoms with Crippen LogP contribution >= 0.6 is 0 Å². The largest absolute Gasteiger partial charge is 0.478 e. The van der Waals surface area contributed by atoms with Gasteiger partial charge in [0.1, 0.15) is 28.7 Å². The first-order chi connectivity index (χ1) is 9.86. The first-order valence-corrected chi connectivity index (χ1v) is 5.93. The Morgan fingerprint density at radius 1 is 1.19 bits per heavy atom. The van der Waals surface area contributed by atoms with Crippen LogP contribution in [0.2, 0.25) is 0 Å². The van der Waals surface area contributed by atoms with Crippen LogP contribution < -0.4 is 5.32 Å². The minimum Gasteiger partial charge on any atom is -0.478 e. The molecule has 0 aliphatic carbocycles. The van der Waals surface area contributed by atoms with Gasteiger partial charge in [-0.15, -0.1) is 0 Å². The predicted molar refractivity (Wildman–Crippen MR) is 67.9 cm³/mol. The van der Waals surface area contributed by atoms with Crippen LogP contribution in [0.1, 0.15) is 32.2 Å². The van der Waals surface area contributed by atoms with Crippen molar-refractivity contribution in [3.05, 3.63) is 58.5 Å². The fourth-order valence-corrected chi connectivity index (χ4v) is 1.80. The van der Waals surface area contributed by atoms with Crippen molar-refractivity contribution in [1.82, 2.24) is 5.32 Å². The van der Waals surface area contributed by atoms with Crippen molar-refractivity contribution in [1.29, 1.82) is 0 Å². The number of hydrogen-bond acceptors (Lipinski definition) is 3. The third-order valence-electron chi connectivity index (χ3n) is 2.75. The zero-order valence-corrected chi connectivity index (χ0v) is 10.9. The zero-order valence-electron chi connectivity index (χ0n) is 10.9. The number of carboxylic acid groups (broad SMARTS) is 1. The fraction of sp³-hybridized carbons (Fsp3) is 0.143. The fourth-order valence-electron chi connectivity index (χ4n) is 1.80. The standard InChI is InChI=1S/C14H11F2NO4/c1-7-12(14(19)20)5-11(21-7)6-17-13(18)8-2-9(15)4-10(16)3-8/h2-5H,6H2,1H3,(H,17,18)(H,19,20). The molecule has 1 heterocycles. The summed E-state index contributed by atoms with van der Waals surface area (Å²) in [7, 11) is 0. The molecule has 0 saturated heterocycles. The van der Waals surface area contributed by atoms with Gasteiger partial charge in [0.25, 0.3) is 5.91 Å². The minimum atomic E-state index is -1.14. The van der Waals surface area contributed by atoms with Gasteiger partial charge in [0.2, 0.25) is 0 Å². The number of rotatable bonds is 4. The number of furan rings is 1. The Balaban J connectivity index is 2.07. The van der Waals surface area contributed by atoms with Crippen LogP contribution in [0.25, 0.3) is 0 Å². The number of nitrogens with one attached hydrogen (secondary N) is 1. The Morgan fingerprint density at radius 2 is 1.81 bits per heavy atom. The summed E-state index contributed by atoms with van der Waals surface area (Å²) >= 11 is 0. The van der Waals surface area contributed by atoms with Gasteiger partial charge in [0.15, 0.2) is 0 Å². The van der Waals surface area contributed by atoms with Crippen LogP contribution in [0.3, 0.4) is 0 Å². The van der Waals surface area contributed by atoms with Crippen molar-refractivity contribution >= 4 is 11.9 Å². The number of amides is 1. The number of aryl methyl sites for hydroxylation is 1. The van der Waals surface area contributed by atoms with Crippen molar-refractivity contribution in [3.8, 4) is 0 Å². The van der Waals surface area contributed by atoms with Crippen LogP contribution in [0.5, 0.6) is 0 Å². The number of halogens is 2. The van der Waals surface area contributed by atoms with E-state index in [4.69, 9.17) is 9.52 Å². The maximum absolute atomic E-state index is 13.0. The van der Waals surface area contributed by atoms with Crippen LogP contribution in [0.4, 0.5) is 8.78 Å². The molecule has 0 aliphatic heterocycles. The normalized spacial score (nSPS) is 10.4. The van der Waals surface area contributed by atoms with Gasteiger partial charge in [-0.25, -0.2) is 13.6 Å². The Labute approximate surface area is 118 Å². The van der Waals surface area contributed by atoms with E-state index >= 15 is 0 Å². The van der Waals surface area contributed by atoms with Gasteiger partial charge in [0.05, 0.1) is 6.54 Å². The summed E-state index contributed by atoms with van der Waals surface area (Å²) in [5, 5.41) is 11.3. The van der Waals surface area contributed by atoms with E-state index < -0.39 is 23.5 Å². The number of benzene rings is 1. The summed E-state index contributed by atoms with van der Waals surface area (Å²) in [6.45, 7) is 1.39. The lowest BCUT2D eigenvalue weighted by atomic mass is 10.2. The van der Waals surface area contributed by atoms with Crippen LogP contribution in [-0.4, -0.2) is 17.0 Å². The molecule has 0 fully saturated rings. The van der Waals surface area contributed by atoms with E-state index in [2.05, 4.69) is 5.32 Å². The quantitative estimate of drug-likeness (QED) is 0.908. The maximum atomic E-state index is 13.0. The molecule has 2 rings (SSSR count). The van der Waals surface area contributed by atoms with E-state index in [0.29, 0.717) is 6.07 Å². The Bertz CT molecular complexity index is 689. The first-order valence-electron chi connectivity index (χ1n) is 5.93. The van der Waals surface area contributed by atoms with Gasteiger partial charge in [0, 0.05) is 11.6 Å². The van der Waals surface area contributed by atoms with Crippen LogP contribution in [0.15, 0.2) is 28.7 Å². The Hall–Kier alpha value is -2.70. The van der Waals surface area contributed by atoms with Gasteiger partial charge < -0.3 is 14.8 Å². The second-order valence-electron chi connectivity index (χ2n) is 4.33. The number of carbonyl (C=O) groups excluding carboxylic acids is 1. The molecule has 7 heteroatoms. The third kappa shape index (κ3) is 3.44. The van der Waals surface area contributed by atoms with E-state index in [1.54, 1.807) is 0 Å². The van der Waals surface area contributed by atoms with Crippen molar-refractivity contribution in [3.63, 3.8) is 0 Å². The smallest absolute Gasteiger partial charge is 0.339 e. The second kappa shape index (κ2) is 5.74. The third-order valence-corrected chi connectivity index (χ3v) is 2.75. The molecule has 5 nitrogen and oxygen atoms in total. The summed E-state index contributed by atoms with van der Waals surface area (Å²) < 4.78 is 31.2. The molecule has 0 unspecified atom stereocenters. The summed E-state index contributed by atoms with van der Waals surface area (Å²) in [6.07, 6.45) is 0. The van der Waals surface area contributed by atoms with Gasteiger partial charge in [-0.2, -0.15) is 0 Å². The van der Waals surface area contributed by atoms with E-state index in [9.17, 15) is 18.4 Å². The molecule has 2 N–H and O–H groups in total. The SMILES string of the molecule is Cc1oc(CNC(=O)c2cc(F)cc(F)c2)cc1C(=O)O. The van der Waals surface area contributed by atoms with E-state index in [-0.39, 0.29) is 29.2 Å². The topological polar surface area (TPSA) is 79.5 Å². The van der Waals surface area contributed by atoms with E-state index in [1.807, 2.05) is 0 Å². The van der Waals surface area contributed by atoms with Crippen LogP contribution in [0, 0.1) is 18.6 Å². The maximum Gasteiger partial charge on any atom is 0.339 e. The molecule has 0 saturated carbocycles. The van der Waals surface area contributed by atoms with Gasteiger partial charge >= 0.3 is 5.97 Å². The molecule has 0 atom stereocenters. The molecule has 1 aromatic heterocycles. The van der Waals surface area contributed by atoms with Crippen molar-refractivity contribution < 1.29 is 27.9 Å². The van der Waals surface area contributed by atoms with Crippen LogP contribution in [-0.2, 0) is 6.54 Å². The molecule has 0 radical (unpaired) electrons. The molecular weight excluding hydrogens is 284 g/mol. The number of carboxylic acids is 1. The molecule has 1 aromatic carbocycles. The van der Waals surface area contributed by atoms with Gasteiger partial charge in [-0.3, -0.25) is 4.79 Å². The molecule has 0 bridgehead atoms. The second-order valence-corrected chi connectivity index (χ2v) is 4.33. The molecule has 21 heavy (non-hydrogen) atoms. The molecule has 2 aromatic rings. The molecule has 0 spiro atoms. The zero-order chi connectivity index (χ0) is 15.6.